The molecule has 0 bridgehead atoms. The van der Waals surface area contributed by atoms with Gasteiger partial charge in [0, 0.05) is 35.6 Å². The third kappa shape index (κ3) is 3.74. The first kappa shape index (κ1) is 16.4. The highest BCUT2D eigenvalue weighted by Gasteiger charge is 2.22. The van der Waals surface area contributed by atoms with Crippen molar-refractivity contribution in [3.8, 4) is 0 Å². The van der Waals surface area contributed by atoms with E-state index >= 15 is 0 Å². The fourth-order valence-corrected chi connectivity index (χ4v) is 3.84. The smallest absolute Gasteiger partial charge is 0.254 e. The van der Waals surface area contributed by atoms with Gasteiger partial charge in [-0.05, 0) is 48.6 Å². The lowest BCUT2D eigenvalue weighted by atomic mass is 10.1. The Morgan fingerprint density at radius 3 is 3.13 bits per heavy atom. The fourth-order valence-electron chi connectivity index (χ4n) is 2.78. The van der Waals surface area contributed by atoms with Crippen LogP contribution >= 0.6 is 22.9 Å². The number of nitrogens with one attached hydrogen (secondary N) is 1. The Balaban J connectivity index is 1.58. The topological polar surface area (TPSA) is 32.3 Å². The second kappa shape index (κ2) is 6.99. The number of benzene rings is 1. The van der Waals surface area contributed by atoms with Gasteiger partial charge >= 0.3 is 0 Å². The van der Waals surface area contributed by atoms with Gasteiger partial charge in [0.05, 0.1) is 5.56 Å². The number of hydrogen-bond donors (Lipinski definition) is 1. The van der Waals surface area contributed by atoms with E-state index in [-0.39, 0.29) is 11.6 Å². The van der Waals surface area contributed by atoms with Crippen LogP contribution in [0.1, 0.15) is 27.7 Å². The zero-order valence-electron chi connectivity index (χ0n) is 12.8. The van der Waals surface area contributed by atoms with Crippen LogP contribution in [-0.4, -0.2) is 29.9 Å². The van der Waals surface area contributed by atoms with Gasteiger partial charge in [-0.1, -0.05) is 11.6 Å². The molecular weight excluding hydrogens is 335 g/mol. The van der Waals surface area contributed by atoms with Crippen molar-refractivity contribution in [3.63, 3.8) is 0 Å². The summed E-state index contributed by atoms with van der Waals surface area (Å²) in [5.41, 5.74) is 1.36. The van der Waals surface area contributed by atoms with Crippen molar-refractivity contribution in [2.24, 2.45) is 0 Å². The molecule has 0 saturated carbocycles. The number of carbonyl (C=O) groups excluding carboxylic acids is 1. The van der Waals surface area contributed by atoms with E-state index in [1.165, 1.54) is 28.6 Å². The average Bonchev–Trinajstić information content (AvgIpc) is 3.02. The number of amides is 1. The molecule has 3 nitrogen and oxygen atoms in total. The first-order valence-electron chi connectivity index (χ1n) is 7.57. The van der Waals surface area contributed by atoms with Crippen LogP contribution in [0.3, 0.4) is 0 Å². The van der Waals surface area contributed by atoms with Gasteiger partial charge in [0.1, 0.15) is 5.82 Å². The maximum atomic E-state index is 13.7. The quantitative estimate of drug-likeness (QED) is 0.909. The first-order chi connectivity index (χ1) is 11.0. The number of halogens is 2. The summed E-state index contributed by atoms with van der Waals surface area (Å²) in [5.74, 6) is -0.981. The monoisotopic (exact) mass is 352 g/mol. The van der Waals surface area contributed by atoms with Gasteiger partial charge < -0.3 is 5.32 Å². The van der Waals surface area contributed by atoms with Gasteiger partial charge in [-0.3, -0.25) is 9.69 Å². The molecule has 1 aromatic heterocycles. The zero-order chi connectivity index (χ0) is 16.4. The predicted molar refractivity (Wildman–Crippen MR) is 91.6 cm³/mol. The molecule has 2 aromatic rings. The van der Waals surface area contributed by atoms with Crippen molar-refractivity contribution in [2.75, 3.05) is 13.1 Å². The van der Waals surface area contributed by atoms with Gasteiger partial charge in [-0.2, -0.15) is 0 Å². The summed E-state index contributed by atoms with van der Waals surface area (Å²) in [6, 6.07) is 6.36. The molecule has 0 saturated heterocycles. The highest BCUT2D eigenvalue weighted by molar-refractivity contribution is 7.10. The zero-order valence-corrected chi connectivity index (χ0v) is 14.4. The Bertz CT molecular complexity index is 718. The number of hydrogen-bond acceptors (Lipinski definition) is 3. The first-order valence-corrected chi connectivity index (χ1v) is 8.83. The Hall–Kier alpha value is -1.43. The summed E-state index contributed by atoms with van der Waals surface area (Å²) < 4.78 is 13.7. The van der Waals surface area contributed by atoms with Gasteiger partial charge in [0.2, 0.25) is 0 Å². The standard InChI is InChI=1S/C17H18ClFN2OS/c1-11(21-6-4-16-12(10-21)5-7-23-16)9-20-17(22)14-8-13(18)2-3-15(14)19/h2-3,5,7-8,11H,4,6,9-10H2,1H3,(H,20,22). The summed E-state index contributed by atoms with van der Waals surface area (Å²) in [6.45, 7) is 4.44. The number of fused-ring (bicyclic) bond motifs is 1. The molecule has 122 valence electrons. The van der Waals surface area contributed by atoms with E-state index in [1.807, 2.05) is 11.3 Å². The van der Waals surface area contributed by atoms with Crippen molar-refractivity contribution in [1.29, 1.82) is 0 Å². The minimum atomic E-state index is -0.555. The maximum absolute atomic E-state index is 13.7. The summed E-state index contributed by atoms with van der Waals surface area (Å²) in [5, 5.41) is 5.29. The van der Waals surface area contributed by atoms with Crippen LogP contribution in [-0.2, 0) is 13.0 Å². The minimum Gasteiger partial charge on any atom is -0.350 e. The van der Waals surface area contributed by atoms with E-state index in [0.29, 0.717) is 11.6 Å². The molecule has 1 atom stereocenters. The fraction of sp³-hybridized carbons (Fsp3) is 0.353. The van der Waals surface area contributed by atoms with E-state index in [1.54, 1.807) is 0 Å². The van der Waals surface area contributed by atoms with E-state index < -0.39 is 11.7 Å². The van der Waals surface area contributed by atoms with Crippen LogP contribution in [0.2, 0.25) is 5.02 Å². The Morgan fingerprint density at radius 2 is 2.30 bits per heavy atom. The van der Waals surface area contributed by atoms with Crippen LogP contribution in [0, 0.1) is 5.82 Å². The van der Waals surface area contributed by atoms with Crippen LogP contribution in [0.5, 0.6) is 0 Å². The molecule has 1 aliphatic rings. The van der Waals surface area contributed by atoms with Gasteiger partial charge in [-0.25, -0.2) is 4.39 Å². The normalized spacial score (nSPS) is 16.0. The molecule has 0 radical (unpaired) electrons. The van der Waals surface area contributed by atoms with Crippen molar-refractivity contribution in [3.05, 3.63) is 56.5 Å². The molecular formula is C17H18ClFN2OS. The van der Waals surface area contributed by atoms with Crippen LogP contribution in [0.15, 0.2) is 29.6 Å². The summed E-state index contributed by atoms with van der Waals surface area (Å²) >= 11 is 7.64. The largest absolute Gasteiger partial charge is 0.350 e. The Kier molecular flexibility index (Phi) is 4.99. The lowest BCUT2D eigenvalue weighted by Crippen LogP contribution is -2.44. The van der Waals surface area contributed by atoms with Gasteiger partial charge in [0.15, 0.2) is 0 Å². The van der Waals surface area contributed by atoms with E-state index in [4.69, 9.17) is 11.6 Å². The Morgan fingerprint density at radius 1 is 1.48 bits per heavy atom. The molecule has 6 heteroatoms. The molecule has 3 rings (SSSR count). The van der Waals surface area contributed by atoms with Crippen molar-refractivity contribution in [1.82, 2.24) is 10.2 Å². The molecule has 1 aliphatic heterocycles. The molecule has 0 spiro atoms. The van der Waals surface area contributed by atoms with E-state index in [2.05, 4.69) is 28.6 Å². The molecule has 1 unspecified atom stereocenters. The Labute approximate surface area is 144 Å². The van der Waals surface area contributed by atoms with Crippen molar-refractivity contribution in [2.45, 2.75) is 25.9 Å². The molecule has 1 amide bonds. The maximum Gasteiger partial charge on any atom is 0.254 e. The van der Waals surface area contributed by atoms with Crippen LogP contribution in [0.25, 0.3) is 0 Å². The van der Waals surface area contributed by atoms with Gasteiger partial charge in [0.25, 0.3) is 5.91 Å². The average molecular weight is 353 g/mol. The van der Waals surface area contributed by atoms with Crippen molar-refractivity contribution >= 4 is 28.8 Å². The lowest BCUT2D eigenvalue weighted by Gasteiger charge is -2.32. The van der Waals surface area contributed by atoms with E-state index in [0.717, 1.165) is 19.5 Å². The molecule has 1 N–H and O–H groups in total. The summed E-state index contributed by atoms with van der Waals surface area (Å²) in [7, 11) is 0. The third-order valence-electron chi connectivity index (χ3n) is 4.19. The number of carbonyl (C=O) groups is 1. The van der Waals surface area contributed by atoms with E-state index in [9.17, 15) is 9.18 Å². The SMILES string of the molecule is CC(CNC(=O)c1cc(Cl)ccc1F)N1CCc2sccc2C1. The number of thiophene rings is 1. The highest BCUT2D eigenvalue weighted by atomic mass is 35.5. The molecule has 0 aliphatic carbocycles. The molecule has 1 aromatic carbocycles. The predicted octanol–water partition coefficient (Wildman–Crippen LogP) is 3.72. The number of rotatable bonds is 4. The minimum absolute atomic E-state index is 0.0107. The number of nitrogens with zero attached hydrogens (tertiary/aromatic N) is 1. The molecule has 0 fully saturated rings. The lowest BCUT2D eigenvalue weighted by molar-refractivity contribution is 0.0928. The second-order valence-electron chi connectivity index (χ2n) is 5.77. The third-order valence-corrected chi connectivity index (χ3v) is 5.45. The summed E-state index contributed by atoms with van der Waals surface area (Å²) in [6.07, 6.45) is 1.05. The molecule has 2 heterocycles. The summed E-state index contributed by atoms with van der Waals surface area (Å²) in [4.78, 5) is 15.9. The van der Waals surface area contributed by atoms with Gasteiger partial charge in [-0.15, -0.1) is 11.3 Å². The second-order valence-corrected chi connectivity index (χ2v) is 7.21. The molecule has 23 heavy (non-hydrogen) atoms. The van der Waals surface area contributed by atoms with Crippen LogP contribution in [0.4, 0.5) is 4.39 Å². The van der Waals surface area contributed by atoms with Crippen LogP contribution < -0.4 is 5.32 Å². The van der Waals surface area contributed by atoms with Crippen molar-refractivity contribution < 1.29 is 9.18 Å². The highest BCUT2D eigenvalue weighted by Crippen LogP contribution is 2.25.